The number of para-hydroxylation sites is 1. The number of nitrogens with one attached hydrogen (secondary N) is 1. The lowest BCUT2D eigenvalue weighted by atomic mass is 10.1. The summed E-state index contributed by atoms with van der Waals surface area (Å²) in [5, 5.41) is 2.84. The van der Waals surface area contributed by atoms with Crippen LogP contribution in [0.4, 0.5) is 5.69 Å². The van der Waals surface area contributed by atoms with Crippen molar-refractivity contribution in [3.8, 4) is 0 Å². The molecule has 0 radical (unpaired) electrons. The van der Waals surface area contributed by atoms with Gasteiger partial charge in [0, 0.05) is 31.1 Å². The van der Waals surface area contributed by atoms with Crippen LogP contribution in [-0.4, -0.2) is 55.6 Å². The van der Waals surface area contributed by atoms with Crippen molar-refractivity contribution in [1.82, 2.24) is 9.21 Å². The predicted molar refractivity (Wildman–Crippen MR) is 121 cm³/mol. The van der Waals surface area contributed by atoms with Crippen molar-refractivity contribution in [3.63, 3.8) is 0 Å². The van der Waals surface area contributed by atoms with E-state index in [0.717, 1.165) is 56.5 Å². The molecule has 2 fully saturated rings. The largest absolute Gasteiger partial charge is 0.339 e. The van der Waals surface area contributed by atoms with Crippen molar-refractivity contribution in [2.45, 2.75) is 42.7 Å². The third-order valence-electron chi connectivity index (χ3n) is 5.71. The summed E-state index contributed by atoms with van der Waals surface area (Å²) in [5.74, 6) is -0.336. The van der Waals surface area contributed by atoms with Gasteiger partial charge in [0.1, 0.15) is 4.21 Å². The Balaban J connectivity index is 1.43. The zero-order valence-corrected chi connectivity index (χ0v) is 19.0. The monoisotopic (exact) mass is 461 g/mol. The van der Waals surface area contributed by atoms with Gasteiger partial charge in [-0.3, -0.25) is 9.59 Å². The third kappa shape index (κ3) is 4.99. The second-order valence-electron chi connectivity index (χ2n) is 7.96. The van der Waals surface area contributed by atoms with Crippen LogP contribution in [0.15, 0.2) is 40.6 Å². The van der Waals surface area contributed by atoms with Crippen LogP contribution < -0.4 is 5.32 Å². The minimum Gasteiger partial charge on any atom is -0.339 e. The molecule has 0 aliphatic carbocycles. The van der Waals surface area contributed by atoms with Gasteiger partial charge in [-0.2, -0.15) is 4.31 Å². The molecule has 0 spiro atoms. The van der Waals surface area contributed by atoms with Gasteiger partial charge in [-0.25, -0.2) is 8.42 Å². The van der Waals surface area contributed by atoms with E-state index in [4.69, 9.17) is 0 Å². The number of sulfonamides is 1. The molecule has 2 aliphatic rings. The number of thiophene rings is 1. The van der Waals surface area contributed by atoms with Crippen LogP contribution in [0.5, 0.6) is 0 Å². The molecule has 2 amide bonds. The first-order valence-electron chi connectivity index (χ1n) is 10.7. The standard InChI is InChI=1S/C22H27N3O4S2/c26-20(16-17-10-11-21(30-17)31(28,29)25-14-6-7-15-25)23-19-9-3-2-8-18(19)22(27)24-12-4-1-5-13-24/h2-3,8-11H,1,4-7,12-16H2,(H,23,26). The van der Waals surface area contributed by atoms with E-state index in [0.29, 0.717) is 29.2 Å². The average Bonchev–Trinajstić information content (AvgIpc) is 3.47. The molecular formula is C22H27N3O4S2. The van der Waals surface area contributed by atoms with Gasteiger partial charge in [0.2, 0.25) is 5.91 Å². The number of piperidine rings is 1. The number of likely N-dealkylation sites (tertiary alicyclic amines) is 1. The van der Waals surface area contributed by atoms with E-state index in [2.05, 4.69) is 5.32 Å². The van der Waals surface area contributed by atoms with Crippen molar-refractivity contribution >= 4 is 38.9 Å². The smallest absolute Gasteiger partial charge is 0.255 e. The van der Waals surface area contributed by atoms with Crippen molar-refractivity contribution < 1.29 is 18.0 Å². The van der Waals surface area contributed by atoms with Crippen LogP contribution in [-0.2, 0) is 21.2 Å². The molecule has 2 aromatic rings. The van der Waals surface area contributed by atoms with Gasteiger partial charge in [-0.15, -0.1) is 11.3 Å². The van der Waals surface area contributed by atoms with Crippen LogP contribution in [0.1, 0.15) is 47.3 Å². The second kappa shape index (κ2) is 9.50. The number of hydrogen-bond acceptors (Lipinski definition) is 5. The lowest BCUT2D eigenvalue weighted by Gasteiger charge is -2.27. The van der Waals surface area contributed by atoms with Gasteiger partial charge in [-0.1, -0.05) is 12.1 Å². The van der Waals surface area contributed by atoms with Gasteiger partial charge < -0.3 is 10.2 Å². The Hall–Kier alpha value is -2.23. The predicted octanol–water partition coefficient (Wildman–Crippen LogP) is 3.34. The minimum absolute atomic E-state index is 0.0619. The van der Waals surface area contributed by atoms with Crippen molar-refractivity contribution in [1.29, 1.82) is 0 Å². The summed E-state index contributed by atoms with van der Waals surface area (Å²) in [4.78, 5) is 28.1. The SMILES string of the molecule is O=C(Cc1ccc(S(=O)(=O)N2CCCC2)s1)Nc1ccccc1C(=O)N1CCCCC1. The number of anilines is 1. The van der Waals surface area contributed by atoms with Crippen LogP contribution in [0.25, 0.3) is 0 Å². The van der Waals surface area contributed by atoms with Gasteiger partial charge >= 0.3 is 0 Å². The average molecular weight is 462 g/mol. The maximum atomic E-state index is 12.9. The van der Waals surface area contributed by atoms with Crippen molar-refractivity contribution in [2.75, 3.05) is 31.5 Å². The summed E-state index contributed by atoms with van der Waals surface area (Å²) in [6, 6.07) is 10.3. The number of amides is 2. The molecule has 1 aromatic heterocycles. The van der Waals surface area contributed by atoms with E-state index in [9.17, 15) is 18.0 Å². The Morgan fingerprint density at radius 1 is 0.903 bits per heavy atom. The van der Waals surface area contributed by atoms with Gasteiger partial charge in [0.05, 0.1) is 17.7 Å². The molecule has 1 aromatic carbocycles. The molecule has 1 N–H and O–H groups in total. The highest BCUT2D eigenvalue weighted by Gasteiger charge is 2.28. The van der Waals surface area contributed by atoms with Crippen LogP contribution in [0.3, 0.4) is 0 Å². The van der Waals surface area contributed by atoms with Crippen molar-refractivity contribution in [3.05, 3.63) is 46.8 Å². The number of benzene rings is 1. The van der Waals surface area contributed by atoms with Crippen LogP contribution in [0.2, 0.25) is 0 Å². The molecule has 0 unspecified atom stereocenters. The van der Waals surface area contributed by atoms with E-state index in [-0.39, 0.29) is 22.4 Å². The first kappa shape index (κ1) is 22.0. The maximum Gasteiger partial charge on any atom is 0.255 e. The molecule has 0 atom stereocenters. The van der Waals surface area contributed by atoms with Gasteiger partial charge in [-0.05, 0) is 56.4 Å². The summed E-state index contributed by atoms with van der Waals surface area (Å²) in [5.41, 5.74) is 0.978. The fraction of sp³-hybridized carbons (Fsp3) is 0.455. The fourth-order valence-electron chi connectivity index (χ4n) is 4.05. The Kier molecular flexibility index (Phi) is 6.74. The molecule has 4 rings (SSSR count). The molecule has 2 saturated heterocycles. The van der Waals surface area contributed by atoms with E-state index >= 15 is 0 Å². The number of carbonyl (C=O) groups excluding carboxylic acids is 2. The van der Waals surface area contributed by atoms with Crippen LogP contribution in [0, 0.1) is 0 Å². The summed E-state index contributed by atoms with van der Waals surface area (Å²) in [7, 11) is -3.47. The quantitative estimate of drug-likeness (QED) is 0.715. The normalized spacial score (nSPS) is 17.6. The van der Waals surface area contributed by atoms with E-state index in [1.807, 2.05) is 4.90 Å². The maximum absolute atomic E-state index is 12.9. The summed E-state index contributed by atoms with van der Waals surface area (Å²) < 4.78 is 27.2. The molecule has 0 bridgehead atoms. The number of rotatable bonds is 6. The second-order valence-corrected chi connectivity index (χ2v) is 11.3. The first-order valence-corrected chi connectivity index (χ1v) is 13.0. The van der Waals surface area contributed by atoms with Gasteiger partial charge in [0.25, 0.3) is 15.9 Å². The molecule has 2 aliphatic heterocycles. The van der Waals surface area contributed by atoms with E-state index in [1.54, 1.807) is 36.4 Å². The zero-order valence-electron chi connectivity index (χ0n) is 17.4. The first-order chi connectivity index (χ1) is 14.9. The molecule has 0 saturated carbocycles. The minimum atomic E-state index is -3.47. The lowest BCUT2D eigenvalue weighted by Crippen LogP contribution is -2.36. The van der Waals surface area contributed by atoms with Crippen molar-refractivity contribution in [2.24, 2.45) is 0 Å². The highest BCUT2D eigenvalue weighted by atomic mass is 32.2. The molecule has 166 valence electrons. The highest BCUT2D eigenvalue weighted by Crippen LogP contribution is 2.28. The third-order valence-corrected chi connectivity index (χ3v) is 9.16. The Bertz CT molecular complexity index is 1050. The summed E-state index contributed by atoms with van der Waals surface area (Å²) in [6.07, 6.45) is 4.97. The van der Waals surface area contributed by atoms with E-state index < -0.39 is 10.0 Å². The zero-order chi connectivity index (χ0) is 21.8. The molecule has 9 heteroatoms. The molecule has 31 heavy (non-hydrogen) atoms. The summed E-state index contributed by atoms with van der Waals surface area (Å²) >= 11 is 1.13. The molecule has 3 heterocycles. The Morgan fingerprint density at radius 2 is 1.58 bits per heavy atom. The number of hydrogen-bond donors (Lipinski definition) is 1. The topological polar surface area (TPSA) is 86.8 Å². The number of nitrogens with zero attached hydrogens (tertiary/aromatic N) is 2. The fourth-order valence-corrected chi connectivity index (χ4v) is 7.07. The van der Waals surface area contributed by atoms with Gasteiger partial charge in [0.15, 0.2) is 0 Å². The summed E-state index contributed by atoms with van der Waals surface area (Å²) in [6.45, 7) is 2.59. The lowest BCUT2D eigenvalue weighted by molar-refractivity contribution is -0.115. The molecular weight excluding hydrogens is 434 g/mol. The number of carbonyl (C=O) groups is 2. The Morgan fingerprint density at radius 3 is 2.32 bits per heavy atom. The van der Waals surface area contributed by atoms with Crippen LogP contribution >= 0.6 is 11.3 Å². The van der Waals surface area contributed by atoms with E-state index in [1.165, 1.54) is 4.31 Å². The highest BCUT2D eigenvalue weighted by molar-refractivity contribution is 7.91. The Labute approximate surface area is 187 Å². The molecule has 7 nitrogen and oxygen atoms in total.